The van der Waals surface area contributed by atoms with Gasteiger partial charge in [-0.2, -0.15) is 0 Å². The molecule has 1 saturated carbocycles. The SMILES string of the molecule is C=C(NCCCCC1CCCCC1)c1coc(CC)n1. The van der Waals surface area contributed by atoms with Gasteiger partial charge in [0, 0.05) is 13.0 Å². The zero-order chi connectivity index (χ0) is 14.2. The molecule has 0 unspecified atom stereocenters. The second-order valence-corrected chi connectivity index (χ2v) is 5.89. The lowest BCUT2D eigenvalue weighted by Crippen LogP contribution is -2.14. The van der Waals surface area contributed by atoms with Crippen LogP contribution in [0.25, 0.3) is 5.70 Å². The largest absolute Gasteiger partial charge is 0.448 e. The van der Waals surface area contributed by atoms with Crippen molar-refractivity contribution in [3.8, 4) is 0 Å². The maximum Gasteiger partial charge on any atom is 0.194 e. The second-order valence-electron chi connectivity index (χ2n) is 5.89. The highest BCUT2D eigenvalue weighted by molar-refractivity contribution is 5.56. The second kappa shape index (κ2) is 8.13. The molecule has 1 aliphatic carbocycles. The number of oxazole rings is 1. The zero-order valence-electron chi connectivity index (χ0n) is 12.8. The van der Waals surface area contributed by atoms with Crippen LogP contribution < -0.4 is 5.32 Å². The predicted octanol–water partition coefficient (Wildman–Crippen LogP) is 4.55. The van der Waals surface area contributed by atoms with Crippen molar-refractivity contribution in [1.29, 1.82) is 0 Å². The van der Waals surface area contributed by atoms with Crippen molar-refractivity contribution >= 4 is 5.70 Å². The predicted molar refractivity (Wildman–Crippen MR) is 83.3 cm³/mol. The molecule has 3 heteroatoms. The molecule has 1 N–H and O–H groups in total. The van der Waals surface area contributed by atoms with Crippen molar-refractivity contribution < 1.29 is 4.42 Å². The van der Waals surface area contributed by atoms with Crippen LogP contribution in [-0.4, -0.2) is 11.5 Å². The third-order valence-electron chi connectivity index (χ3n) is 4.27. The van der Waals surface area contributed by atoms with Gasteiger partial charge in [0.25, 0.3) is 0 Å². The summed E-state index contributed by atoms with van der Waals surface area (Å²) >= 11 is 0. The van der Waals surface area contributed by atoms with E-state index in [4.69, 9.17) is 4.42 Å². The molecule has 0 spiro atoms. The summed E-state index contributed by atoms with van der Waals surface area (Å²) in [4.78, 5) is 4.37. The van der Waals surface area contributed by atoms with Gasteiger partial charge in [-0.05, 0) is 12.3 Å². The molecule has 0 aromatic carbocycles. The van der Waals surface area contributed by atoms with E-state index in [9.17, 15) is 0 Å². The quantitative estimate of drug-likeness (QED) is 0.708. The van der Waals surface area contributed by atoms with E-state index in [0.717, 1.165) is 36.2 Å². The Balaban J connectivity index is 1.57. The molecule has 0 saturated heterocycles. The van der Waals surface area contributed by atoms with Crippen molar-refractivity contribution in [1.82, 2.24) is 10.3 Å². The first-order chi connectivity index (χ1) is 9.79. The van der Waals surface area contributed by atoms with Crippen LogP contribution in [0.3, 0.4) is 0 Å². The van der Waals surface area contributed by atoms with Gasteiger partial charge in [0.2, 0.25) is 0 Å². The van der Waals surface area contributed by atoms with E-state index >= 15 is 0 Å². The van der Waals surface area contributed by atoms with Crippen LogP contribution in [-0.2, 0) is 6.42 Å². The van der Waals surface area contributed by atoms with Gasteiger partial charge in [0.15, 0.2) is 5.89 Å². The molecule has 0 atom stereocenters. The van der Waals surface area contributed by atoms with E-state index in [1.54, 1.807) is 6.26 Å². The molecule has 1 aliphatic rings. The number of unbranched alkanes of at least 4 members (excludes halogenated alkanes) is 1. The van der Waals surface area contributed by atoms with E-state index in [1.807, 2.05) is 6.92 Å². The van der Waals surface area contributed by atoms with Crippen LogP contribution >= 0.6 is 0 Å². The van der Waals surface area contributed by atoms with Crippen molar-refractivity contribution in [2.75, 3.05) is 6.54 Å². The van der Waals surface area contributed by atoms with Gasteiger partial charge in [0.1, 0.15) is 12.0 Å². The molecule has 0 amide bonds. The number of nitrogens with one attached hydrogen (secondary N) is 1. The Hall–Kier alpha value is -1.25. The summed E-state index contributed by atoms with van der Waals surface area (Å²) in [5.74, 6) is 1.77. The first-order valence-electron chi connectivity index (χ1n) is 8.17. The topological polar surface area (TPSA) is 38.1 Å². The fourth-order valence-corrected chi connectivity index (χ4v) is 2.98. The molecule has 0 radical (unpaired) electrons. The smallest absolute Gasteiger partial charge is 0.194 e. The van der Waals surface area contributed by atoms with Crippen molar-refractivity contribution in [2.45, 2.75) is 64.7 Å². The molecule has 112 valence electrons. The summed E-state index contributed by atoms with van der Waals surface area (Å²) in [5, 5.41) is 3.36. The lowest BCUT2D eigenvalue weighted by molar-refractivity contribution is 0.330. The summed E-state index contributed by atoms with van der Waals surface area (Å²) in [7, 11) is 0. The van der Waals surface area contributed by atoms with Gasteiger partial charge < -0.3 is 9.73 Å². The molecule has 2 rings (SSSR count). The summed E-state index contributed by atoms with van der Waals surface area (Å²) < 4.78 is 5.33. The fraction of sp³-hybridized carbons (Fsp3) is 0.706. The lowest BCUT2D eigenvalue weighted by atomic mass is 9.86. The third kappa shape index (κ3) is 4.69. The Kier molecular flexibility index (Phi) is 6.16. The monoisotopic (exact) mass is 276 g/mol. The first-order valence-corrected chi connectivity index (χ1v) is 8.17. The third-order valence-corrected chi connectivity index (χ3v) is 4.27. The zero-order valence-corrected chi connectivity index (χ0v) is 12.8. The molecular formula is C17H28N2O. The van der Waals surface area contributed by atoms with E-state index < -0.39 is 0 Å². The molecule has 1 fully saturated rings. The normalized spacial score (nSPS) is 16.2. The minimum Gasteiger partial charge on any atom is -0.448 e. The highest BCUT2D eigenvalue weighted by Crippen LogP contribution is 2.27. The van der Waals surface area contributed by atoms with Gasteiger partial charge in [-0.3, -0.25) is 0 Å². The standard InChI is InChI=1S/C17H28N2O/c1-3-17-19-16(13-20-17)14(2)18-12-8-7-11-15-9-5-4-6-10-15/h13,15,18H,2-12H2,1H3. The molecule has 1 aromatic heterocycles. The first kappa shape index (κ1) is 15.1. The van der Waals surface area contributed by atoms with Crippen molar-refractivity contribution in [2.24, 2.45) is 5.92 Å². The molecule has 0 bridgehead atoms. The Bertz CT molecular complexity index is 405. The highest BCUT2D eigenvalue weighted by atomic mass is 16.3. The van der Waals surface area contributed by atoms with Gasteiger partial charge >= 0.3 is 0 Å². The average molecular weight is 276 g/mol. The Morgan fingerprint density at radius 3 is 2.85 bits per heavy atom. The molecular weight excluding hydrogens is 248 g/mol. The van der Waals surface area contributed by atoms with Crippen LogP contribution in [0.4, 0.5) is 0 Å². The molecule has 1 aromatic rings. The van der Waals surface area contributed by atoms with Crippen LogP contribution in [0.15, 0.2) is 17.3 Å². The Labute approximate surface area is 122 Å². The maximum atomic E-state index is 5.33. The number of hydrogen-bond acceptors (Lipinski definition) is 3. The van der Waals surface area contributed by atoms with E-state index in [1.165, 1.54) is 51.4 Å². The summed E-state index contributed by atoms with van der Waals surface area (Å²) in [5.41, 5.74) is 1.72. The Morgan fingerprint density at radius 2 is 2.15 bits per heavy atom. The highest BCUT2D eigenvalue weighted by Gasteiger charge is 2.12. The molecule has 0 aliphatic heterocycles. The van der Waals surface area contributed by atoms with Crippen molar-refractivity contribution in [3.05, 3.63) is 24.4 Å². The number of aromatic nitrogens is 1. The van der Waals surface area contributed by atoms with Crippen LogP contribution in [0, 0.1) is 5.92 Å². The van der Waals surface area contributed by atoms with E-state index in [2.05, 4.69) is 16.9 Å². The summed E-state index contributed by atoms with van der Waals surface area (Å²) in [6.45, 7) is 7.05. The van der Waals surface area contributed by atoms with Crippen LogP contribution in [0.5, 0.6) is 0 Å². The Morgan fingerprint density at radius 1 is 1.35 bits per heavy atom. The number of hydrogen-bond donors (Lipinski definition) is 1. The van der Waals surface area contributed by atoms with Crippen molar-refractivity contribution in [3.63, 3.8) is 0 Å². The number of rotatable bonds is 8. The number of nitrogens with zero attached hydrogens (tertiary/aromatic N) is 1. The van der Waals surface area contributed by atoms with Gasteiger partial charge in [-0.25, -0.2) is 4.98 Å². The van der Waals surface area contributed by atoms with E-state index in [0.29, 0.717) is 0 Å². The minimum atomic E-state index is 0.778. The van der Waals surface area contributed by atoms with E-state index in [-0.39, 0.29) is 0 Å². The number of aryl methyl sites for hydroxylation is 1. The summed E-state index contributed by atoms with van der Waals surface area (Å²) in [6.07, 6.45) is 13.7. The maximum absolute atomic E-state index is 5.33. The van der Waals surface area contributed by atoms with Crippen LogP contribution in [0.2, 0.25) is 0 Å². The molecule has 3 nitrogen and oxygen atoms in total. The fourth-order valence-electron chi connectivity index (χ4n) is 2.98. The minimum absolute atomic E-state index is 0.778. The average Bonchev–Trinajstić information content (AvgIpc) is 2.97. The van der Waals surface area contributed by atoms with Gasteiger partial charge in [-0.15, -0.1) is 0 Å². The van der Waals surface area contributed by atoms with Gasteiger partial charge in [0.05, 0.1) is 5.70 Å². The van der Waals surface area contributed by atoms with Crippen LogP contribution in [0.1, 0.15) is 69.9 Å². The van der Waals surface area contributed by atoms with Gasteiger partial charge in [-0.1, -0.05) is 58.4 Å². The molecule has 20 heavy (non-hydrogen) atoms. The molecule has 1 heterocycles. The lowest BCUT2D eigenvalue weighted by Gasteiger charge is -2.21. The summed E-state index contributed by atoms with van der Waals surface area (Å²) in [6, 6.07) is 0.